The first kappa shape index (κ1) is 62.1. The van der Waals surface area contributed by atoms with E-state index < -0.39 is 181 Å². The van der Waals surface area contributed by atoms with Gasteiger partial charge in [0.05, 0.1) is 43.4 Å². The van der Waals surface area contributed by atoms with Gasteiger partial charge in [-0.3, -0.25) is 14.1 Å². The molecule has 26 heteroatoms. The Hall–Kier alpha value is -2.39. The van der Waals surface area contributed by atoms with Crippen molar-refractivity contribution in [3.05, 3.63) is 23.3 Å². The third kappa shape index (κ3) is 10.8. The quantitative estimate of drug-likeness (QED) is 0.0584. The number of cyclic esters (lactones) is 1. The van der Waals surface area contributed by atoms with E-state index in [0.717, 1.165) is 5.57 Å². The highest BCUT2D eigenvalue weighted by Crippen LogP contribution is 2.77. The first-order chi connectivity index (χ1) is 37.3. The van der Waals surface area contributed by atoms with Gasteiger partial charge in [0.25, 0.3) is 0 Å². The van der Waals surface area contributed by atoms with Crippen LogP contribution in [0.5, 0.6) is 0 Å². The second-order valence-corrected chi connectivity index (χ2v) is 26.4. The number of esters is 2. The van der Waals surface area contributed by atoms with Gasteiger partial charge in [-0.25, -0.2) is 4.18 Å². The van der Waals surface area contributed by atoms with E-state index >= 15 is 0 Å². The maximum Gasteiger partial charge on any atom is 0.397 e. The first-order valence-corrected chi connectivity index (χ1v) is 29.3. The van der Waals surface area contributed by atoms with Gasteiger partial charge < -0.3 is 93.3 Å². The second kappa shape index (κ2) is 22.8. The highest BCUT2D eigenvalue weighted by molar-refractivity contribution is 7.80. The van der Waals surface area contributed by atoms with Crippen molar-refractivity contribution in [2.75, 3.05) is 19.8 Å². The van der Waals surface area contributed by atoms with Crippen LogP contribution >= 0.6 is 0 Å². The molecule has 456 valence electrons. The molecule has 25 nitrogen and oxygen atoms in total. The van der Waals surface area contributed by atoms with Crippen LogP contribution in [0, 0.1) is 39.4 Å². The molecular formula is C54H84O25S. The van der Waals surface area contributed by atoms with E-state index in [2.05, 4.69) is 39.8 Å². The van der Waals surface area contributed by atoms with Gasteiger partial charge in [-0.2, -0.15) is 8.42 Å². The van der Waals surface area contributed by atoms with Gasteiger partial charge in [-0.1, -0.05) is 51.0 Å². The van der Waals surface area contributed by atoms with Crippen molar-refractivity contribution in [1.29, 1.82) is 0 Å². The molecule has 0 aromatic carbocycles. The van der Waals surface area contributed by atoms with Gasteiger partial charge in [0, 0.05) is 12.3 Å². The highest BCUT2D eigenvalue weighted by Gasteiger charge is 2.79. The molecule has 8 fully saturated rings. The van der Waals surface area contributed by atoms with Crippen molar-refractivity contribution >= 4 is 22.3 Å². The molecule has 4 aliphatic carbocycles. The van der Waals surface area contributed by atoms with Gasteiger partial charge >= 0.3 is 22.3 Å². The summed E-state index contributed by atoms with van der Waals surface area (Å²) in [5, 5.41) is 98.0. The second-order valence-electron chi connectivity index (χ2n) is 25.4. The van der Waals surface area contributed by atoms with Crippen LogP contribution in [0.4, 0.5) is 0 Å². The summed E-state index contributed by atoms with van der Waals surface area (Å²) in [6, 6.07) is 0. The van der Waals surface area contributed by atoms with Gasteiger partial charge in [-0.05, 0) is 102 Å². The Labute approximate surface area is 465 Å². The maximum absolute atomic E-state index is 14.7. The fourth-order valence-electron chi connectivity index (χ4n) is 16.0. The average molecular weight is 1170 g/mol. The van der Waals surface area contributed by atoms with Crippen molar-refractivity contribution < 1.29 is 120 Å². The molecule has 80 heavy (non-hydrogen) atoms. The molecule has 5 saturated heterocycles. The van der Waals surface area contributed by atoms with Crippen molar-refractivity contribution in [3.63, 3.8) is 0 Å². The van der Waals surface area contributed by atoms with Crippen molar-refractivity contribution in [3.8, 4) is 0 Å². The molecular weight excluding hydrogens is 1080 g/mol. The molecule has 9 rings (SSSR count). The molecule has 27 unspecified atom stereocenters. The molecule has 0 bridgehead atoms. The number of carbonyl (C=O) groups is 2. The summed E-state index contributed by atoms with van der Waals surface area (Å²) in [5.41, 5.74) is -1.07. The van der Waals surface area contributed by atoms with Crippen LogP contribution in [0.15, 0.2) is 23.3 Å². The Morgan fingerprint density at radius 3 is 2.06 bits per heavy atom. The molecule has 3 saturated carbocycles. The van der Waals surface area contributed by atoms with Crippen molar-refractivity contribution in [1.82, 2.24) is 0 Å². The topological polar surface area (TPSA) is 372 Å². The smallest absolute Gasteiger partial charge is 0.397 e. The van der Waals surface area contributed by atoms with E-state index in [9.17, 15) is 68.5 Å². The molecule has 5 aliphatic heterocycles. The highest BCUT2D eigenvalue weighted by atomic mass is 32.3. The molecule has 0 aromatic rings. The summed E-state index contributed by atoms with van der Waals surface area (Å²) in [7, 11) is -5.17. The summed E-state index contributed by atoms with van der Waals surface area (Å²) in [6.45, 7) is 15.5. The lowest BCUT2D eigenvalue weighted by Gasteiger charge is -2.64. The zero-order valence-corrected chi connectivity index (χ0v) is 47.5. The minimum absolute atomic E-state index is 0.0232. The zero-order valence-electron chi connectivity index (χ0n) is 46.7. The Kier molecular flexibility index (Phi) is 17.7. The molecule has 0 radical (unpaired) electrons. The average Bonchev–Trinajstić information content (AvgIpc) is 3.55. The Morgan fingerprint density at radius 2 is 1.40 bits per heavy atom. The summed E-state index contributed by atoms with van der Waals surface area (Å²) in [4.78, 5) is 27.4. The summed E-state index contributed by atoms with van der Waals surface area (Å²) in [5.74, 6) is -0.995. The predicted molar refractivity (Wildman–Crippen MR) is 271 cm³/mol. The standard InChI is InChI=1S/C54H84O25S/c1-23(2)11-10-16-53(9)44-29(72-25(4)56)19-52(8)27-12-13-32-50(5,6)33(15-17-51(32,7)26(27)14-18-54(44,52)49(65)78-53)74-48-43(36(60)31(22-70-48)79-80(66,67)68)77-46-39(63)37(61)41(24(3)71-46)75-47-40(64)42(35(59)30(20-55)73-47)76-45-38(62)34(58)28(57)21-69-45/h11-12,24,26,28-48,55,57-64H,10,13-22H2,1-9H3,(H,66,67,68). The maximum atomic E-state index is 14.7. The van der Waals surface area contributed by atoms with E-state index in [1.807, 2.05) is 20.8 Å². The lowest BCUT2D eigenvalue weighted by Crippen LogP contribution is -2.66. The van der Waals surface area contributed by atoms with Crippen LogP contribution < -0.4 is 0 Å². The summed E-state index contributed by atoms with van der Waals surface area (Å²) >= 11 is 0. The van der Waals surface area contributed by atoms with Gasteiger partial charge in [0.15, 0.2) is 25.2 Å². The molecule has 0 amide bonds. The van der Waals surface area contributed by atoms with Crippen LogP contribution in [-0.4, -0.2) is 219 Å². The van der Waals surface area contributed by atoms with Crippen molar-refractivity contribution in [2.24, 2.45) is 39.4 Å². The molecule has 10 N–H and O–H groups in total. The Bertz CT molecular complexity index is 2440. The number of carbonyl (C=O) groups excluding carboxylic acids is 2. The minimum atomic E-state index is -5.17. The molecule has 5 heterocycles. The van der Waals surface area contributed by atoms with Gasteiger partial charge in [-0.15, -0.1) is 0 Å². The fourth-order valence-corrected chi connectivity index (χ4v) is 16.5. The van der Waals surface area contributed by atoms with Crippen LogP contribution in [0.3, 0.4) is 0 Å². The zero-order chi connectivity index (χ0) is 58.6. The van der Waals surface area contributed by atoms with Crippen LogP contribution in [0.25, 0.3) is 0 Å². The lowest BCUT2D eigenvalue weighted by molar-refractivity contribution is -0.386. The number of hydrogen-bond donors (Lipinski definition) is 10. The Balaban J connectivity index is 0.920. The number of fused-ring (bicyclic) bond motifs is 4. The largest absolute Gasteiger partial charge is 0.462 e. The molecule has 9 aliphatic rings. The molecule has 27 atom stereocenters. The van der Waals surface area contributed by atoms with E-state index in [0.29, 0.717) is 51.4 Å². The predicted octanol–water partition coefficient (Wildman–Crippen LogP) is -0.0342. The molecule has 0 aromatic heterocycles. The van der Waals surface area contributed by atoms with Gasteiger partial charge in [0.1, 0.15) is 91.1 Å². The van der Waals surface area contributed by atoms with Gasteiger partial charge in [0.2, 0.25) is 0 Å². The monoisotopic (exact) mass is 1160 g/mol. The normalized spacial score (nSPS) is 50.0. The third-order valence-corrected chi connectivity index (χ3v) is 20.4. The number of ether oxygens (including phenoxy) is 10. The van der Waals surface area contributed by atoms with Crippen LogP contribution in [0.2, 0.25) is 0 Å². The summed E-state index contributed by atoms with van der Waals surface area (Å²) < 4.78 is 98.7. The van der Waals surface area contributed by atoms with Crippen LogP contribution in [-0.2, 0) is 71.5 Å². The number of aliphatic hydroxyl groups excluding tert-OH is 9. The summed E-state index contributed by atoms with van der Waals surface area (Å²) in [6.07, 6.45) is -22.9. The van der Waals surface area contributed by atoms with Crippen molar-refractivity contribution in [2.45, 2.75) is 242 Å². The van der Waals surface area contributed by atoms with E-state index in [1.165, 1.54) is 19.4 Å². The number of hydrogen-bond acceptors (Lipinski definition) is 24. The Morgan fingerprint density at radius 1 is 0.750 bits per heavy atom. The number of allylic oxidation sites excluding steroid dienone is 4. The minimum Gasteiger partial charge on any atom is -0.462 e. The SMILES string of the molecule is CC(=O)OC1CC2(C)C3=CCC4C(C)(C)C(OC5OCC(OS(=O)(=O)O)C(O)C5OC5OC(C)C(OC6OC(CO)C(O)C(OC7OCC(O)C(O)C7O)C6O)C(O)C5O)CCC4(C)C3CCC23C(=O)OC(C)(CCC=C(C)C)C13. The fraction of sp³-hybridized carbons (Fsp3) is 0.889. The van der Waals surface area contributed by atoms with E-state index in [-0.39, 0.29) is 29.1 Å². The lowest BCUT2D eigenvalue weighted by atomic mass is 9.41. The van der Waals surface area contributed by atoms with E-state index in [1.54, 1.807) is 0 Å². The first-order valence-electron chi connectivity index (χ1n) is 27.9. The van der Waals surface area contributed by atoms with E-state index in [4.69, 9.17) is 51.6 Å². The number of rotatable bonds is 15. The third-order valence-electron chi connectivity index (χ3n) is 19.9. The molecule has 1 spiro atoms. The van der Waals surface area contributed by atoms with Crippen LogP contribution in [0.1, 0.15) is 114 Å². The number of aliphatic hydroxyl groups is 9.